The summed E-state index contributed by atoms with van der Waals surface area (Å²) < 4.78 is 0. The average molecular weight is 174 g/mol. The SMILES string of the molecule is Cc1[nH]c2c(C)ccc(N)c2c1C. The normalized spacial score (nSPS) is 11.0. The Bertz CT molecular complexity index is 466. The van der Waals surface area contributed by atoms with Crippen LogP contribution in [0.15, 0.2) is 12.1 Å². The average Bonchev–Trinajstić information content (AvgIpc) is 2.38. The van der Waals surface area contributed by atoms with Gasteiger partial charge in [-0.3, -0.25) is 0 Å². The second kappa shape index (κ2) is 2.52. The molecule has 0 bridgehead atoms. The Hall–Kier alpha value is -1.44. The zero-order valence-corrected chi connectivity index (χ0v) is 8.23. The summed E-state index contributed by atoms with van der Waals surface area (Å²) in [4.78, 5) is 3.36. The van der Waals surface area contributed by atoms with Gasteiger partial charge in [0.05, 0.1) is 5.52 Å². The lowest BCUT2D eigenvalue weighted by Crippen LogP contribution is -1.87. The maximum Gasteiger partial charge on any atom is 0.0509 e. The number of aromatic amines is 1. The maximum atomic E-state index is 5.92. The molecule has 0 aliphatic carbocycles. The van der Waals surface area contributed by atoms with Crippen LogP contribution in [0.25, 0.3) is 10.9 Å². The Kier molecular flexibility index (Phi) is 1.59. The van der Waals surface area contributed by atoms with Crippen molar-refractivity contribution in [2.24, 2.45) is 0 Å². The molecule has 0 unspecified atom stereocenters. The largest absolute Gasteiger partial charge is 0.398 e. The molecule has 2 heteroatoms. The van der Waals surface area contributed by atoms with Gasteiger partial charge in [0.1, 0.15) is 0 Å². The summed E-state index contributed by atoms with van der Waals surface area (Å²) in [7, 11) is 0. The molecule has 1 aromatic carbocycles. The standard InChI is InChI=1S/C11H14N2/c1-6-4-5-9(12)10-7(2)8(3)13-11(6)10/h4-5,13H,12H2,1-3H3. The lowest BCUT2D eigenvalue weighted by molar-refractivity contribution is 1.25. The zero-order valence-electron chi connectivity index (χ0n) is 8.23. The molecule has 0 fully saturated rings. The third-order valence-corrected chi connectivity index (χ3v) is 2.70. The highest BCUT2D eigenvalue weighted by Crippen LogP contribution is 2.28. The van der Waals surface area contributed by atoms with Gasteiger partial charge in [0.2, 0.25) is 0 Å². The summed E-state index contributed by atoms with van der Waals surface area (Å²) in [6.07, 6.45) is 0. The first-order chi connectivity index (χ1) is 6.11. The molecule has 2 aromatic rings. The van der Waals surface area contributed by atoms with Crippen molar-refractivity contribution in [3.8, 4) is 0 Å². The predicted octanol–water partition coefficient (Wildman–Crippen LogP) is 2.68. The van der Waals surface area contributed by atoms with Gasteiger partial charge in [-0.1, -0.05) is 6.07 Å². The molecule has 0 atom stereocenters. The number of benzene rings is 1. The van der Waals surface area contributed by atoms with Gasteiger partial charge in [-0.2, -0.15) is 0 Å². The second-order valence-electron chi connectivity index (χ2n) is 3.60. The van der Waals surface area contributed by atoms with E-state index in [1.165, 1.54) is 27.7 Å². The molecule has 0 aliphatic rings. The van der Waals surface area contributed by atoms with E-state index in [9.17, 15) is 0 Å². The smallest absolute Gasteiger partial charge is 0.0509 e. The Morgan fingerprint density at radius 3 is 2.46 bits per heavy atom. The fourth-order valence-corrected chi connectivity index (χ4v) is 1.76. The highest BCUT2D eigenvalue weighted by atomic mass is 14.7. The van der Waals surface area contributed by atoms with Crippen molar-refractivity contribution in [1.82, 2.24) is 4.98 Å². The van der Waals surface area contributed by atoms with E-state index in [4.69, 9.17) is 5.73 Å². The van der Waals surface area contributed by atoms with Crippen LogP contribution in [0.1, 0.15) is 16.8 Å². The monoisotopic (exact) mass is 174 g/mol. The van der Waals surface area contributed by atoms with Gasteiger partial charge in [-0.15, -0.1) is 0 Å². The van der Waals surface area contributed by atoms with E-state index in [1.807, 2.05) is 12.1 Å². The number of H-pyrrole nitrogens is 1. The molecule has 0 amide bonds. The van der Waals surface area contributed by atoms with Crippen molar-refractivity contribution in [1.29, 1.82) is 0 Å². The van der Waals surface area contributed by atoms with Gasteiger partial charge in [0.15, 0.2) is 0 Å². The van der Waals surface area contributed by atoms with Crippen LogP contribution in [0.2, 0.25) is 0 Å². The van der Waals surface area contributed by atoms with Crippen LogP contribution in [0.4, 0.5) is 5.69 Å². The number of nitrogens with one attached hydrogen (secondary N) is 1. The summed E-state index contributed by atoms with van der Waals surface area (Å²) in [6.45, 7) is 6.27. The molecule has 0 saturated heterocycles. The van der Waals surface area contributed by atoms with Gasteiger partial charge in [-0.25, -0.2) is 0 Å². The van der Waals surface area contributed by atoms with Gasteiger partial charge < -0.3 is 10.7 Å². The first-order valence-corrected chi connectivity index (χ1v) is 4.45. The molecular formula is C11H14N2. The quantitative estimate of drug-likeness (QED) is 0.592. The number of nitrogens with two attached hydrogens (primary N) is 1. The predicted molar refractivity (Wildman–Crippen MR) is 56.9 cm³/mol. The van der Waals surface area contributed by atoms with Gasteiger partial charge >= 0.3 is 0 Å². The molecule has 0 saturated carbocycles. The number of anilines is 1. The lowest BCUT2D eigenvalue weighted by atomic mass is 10.1. The third kappa shape index (κ3) is 1.02. The van der Waals surface area contributed by atoms with Crippen molar-refractivity contribution in [3.05, 3.63) is 29.0 Å². The summed E-state index contributed by atoms with van der Waals surface area (Å²) in [5, 5.41) is 1.18. The third-order valence-electron chi connectivity index (χ3n) is 2.70. The number of aromatic nitrogens is 1. The van der Waals surface area contributed by atoms with Gasteiger partial charge in [0, 0.05) is 16.8 Å². The number of aryl methyl sites for hydroxylation is 3. The first-order valence-electron chi connectivity index (χ1n) is 4.45. The molecule has 0 aliphatic heterocycles. The number of hydrogen-bond acceptors (Lipinski definition) is 1. The molecule has 0 spiro atoms. The highest BCUT2D eigenvalue weighted by Gasteiger charge is 2.08. The van der Waals surface area contributed by atoms with Crippen LogP contribution in [0.5, 0.6) is 0 Å². The van der Waals surface area contributed by atoms with Crippen LogP contribution in [0, 0.1) is 20.8 Å². The van der Waals surface area contributed by atoms with Crippen molar-refractivity contribution in [2.75, 3.05) is 5.73 Å². The molecule has 3 N–H and O–H groups in total. The molecule has 2 rings (SSSR count). The molecule has 1 heterocycles. The maximum absolute atomic E-state index is 5.92. The van der Waals surface area contributed by atoms with E-state index < -0.39 is 0 Å². The van der Waals surface area contributed by atoms with E-state index in [0.29, 0.717) is 0 Å². The van der Waals surface area contributed by atoms with Crippen LogP contribution < -0.4 is 5.73 Å². The van der Waals surface area contributed by atoms with Crippen molar-refractivity contribution >= 4 is 16.6 Å². The fraction of sp³-hybridized carbons (Fsp3) is 0.273. The summed E-state index contributed by atoms with van der Waals surface area (Å²) >= 11 is 0. The van der Waals surface area contributed by atoms with E-state index in [2.05, 4.69) is 25.8 Å². The number of hydrogen-bond donors (Lipinski definition) is 2. The summed E-state index contributed by atoms with van der Waals surface area (Å²) in [6, 6.07) is 4.02. The van der Waals surface area contributed by atoms with Crippen LogP contribution in [-0.4, -0.2) is 4.98 Å². The Morgan fingerprint density at radius 2 is 1.85 bits per heavy atom. The topological polar surface area (TPSA) is 41.8 Å². The van der Waals surface area contributed by atoms with Gasteiger partial charge in [-0.05, 0) is 38.0 Å². The molecule has 0 radical (unpaired) electrons. The van der Waals surface area contributed by atoms with Crippen molar-refractivity contribution in [2.45, 2.75) is 20.8 Å². The van der Waals surface area contributed by atoms with E-state index in [0.717, 1.165) is 5.69 Å². The molecule has 2 nitrogen and oxygen atoms in total. The Morgan fingerprint density at radius 1 is 1.15 bits per heavy atom. The van der Waals surface area contributed by atoms with E-state index in [-0.39, 0.29) is 0 Å². The van der Waals surface area contributed by atoms with Crippen molar-refractivity contribution in [3.63, 3.8) is 0 Å². The molecular weight excluding hydrogens is 160 g/mol. The minimum absolute atomic E-state index is 0.863. The molecule has 68 valence electrons. The van der Waals surface area contributed by atoms with Gasteiger partial charge in [0.25, 0.3) is 0 Å². The highest BCUT2D eigenvalue weighted by molar-refractivity contribution is 5.96. The summed E-state index contributed by atoms with van der Waals surface area (Å²) in [5.41, 5.74) is 11.7. The number of fused-ring (bicyclic) bond motifs is 1. The minimum Gasteiger partial charge on any atom is -0.398 e. The zero-order chi connectivity index (χ0) is 9.59. The fourth-order valence-electron chi connectivity index (χ4n) is 1.76. The first kappa shape index (κ1) is 8.17. The number of nitrogen functional groups attached to an aromatic ring is 1. The second-order valence-corrected chi connectivity index (χ2v) is 3.60. The lowest BCUT2D eigenvalue weighted by Gasteiger charge is -2.00. The van der Waals surface area contributed by atoms with E-state index >= 15 is 0 Å². The molecule has 1 aromatic heterocycles. The van der Waals surface area contributed by atoms with Crippen LogP contribution in [0.3, 0.4) is 0 Å². The Balaban J connectivity index is 3.00. The van der Waals surface area contributed by atoms with Crippen LogP contribution >= 0.6 is 0 Å². The van der Waals surface area contributed by atoms with Crippen molar-refractivity contribution < 1.29 is 0 Å². The Labute approximate surface area is 77.8 Å². The number of rotatable bonds is 0. The van der Waals surface area contributed by atoms with E-state index in [1.54, 1.807) is 0 Å². The summed E-state index contributed by atoms with van der Waals surface area (Å²) in [5.74, 6) is 0. The minimum atomic E-state index is 0.863. The van der Waals surface area contributed by atoms with Crippen LogP contribution in [-0.2, 0) is 0 Å². The molecule has 13 heavy (non-hydrogen) atoms.